The highest BCUT2D eigenvalue weighted by atomic mass is 16.1. The lowest BCUT2D eigenvalue weighted by molar-refractivity contribution is -0.114. The van der Waals surface area contributed by atoms with Crippen molar-refractivity contribution in [3.05, 3.63) is 23.8 Å². The van der Waals surface area contributed by atoms with Crippen LogP contribution in [0.4, 0.5) is 0 Å². The first-order chi connectivity index (χ1) is 7.68. The van der Waals surface area contributed by atoms with E-state index in [0.717, 1.165) is 6.42 Å². The van der Waals surface area contributed by atoms with Gasteiger partial charge in [-0.3, -0.25) is 4.79 Å². The summed E-state index contributed by atoms with van der Waals surface area (Å²) in [4.78, 5) is 11.6. The molecule has 0 aliphatic heterocycles. The molecule has 1 heteroatoms. The van der Waals surface area contributed by atoms with Gasteiger partial charge in [-0.2, -0.15) is 0 Å². The van der Waals surface area contributed by atoms with E-state index in [9.17, 15) is 4.79 Å². The molecule has 0 N–H and O–H groups in total. The van der Waals surface area contributed by atoms with Crippen molar-refractivity contribution in [3.8, 4) is 0 Å². The van der Waals surface area contributed by atoms with E-state index in [1.807, 2.05) is 6.08 Å². The fourth-order valence-electron chi connectivity index (χ4n) is 2.16. The van der Waals surface area contributed by atoms with Crippen LogP contribution in [-0.2, 0) is 4.79 Å². The van der Waals surface area contributed by atoms with Crippen LogP contribution >= 0.6 is 0 Å². The lowest BCUT2D eigenvalue weighted by Gasteiger charge is -2.17. The van der Waals surface area contributed by atoms with Crippen LogP contribution in [0.2, 0.25) is 0 Å². The van der Waals surface area contributed by atoms with Gasteiger partial charge < -0.3 is 0 Å². The highest BCUT2D eigenvalue weighted by molar-refractivity contribution is 5.89. The lowest BCUT2D eigenvalue weighted by Crippen LogP contribution is -2.03. The topological polar surface area (TPSA) is 17.1 Å². The highest BCUT2D eigenvalue weighted by Gasteiger charge is 2.10. The number of hydrogen-bond donors (Lipinski definition) is 0. The first-order valence-corrected chi connectivity index (χ1v) is 6.53. The molecule has 1 saturated carbocycles. The average Bonchev–Trinajstić information content (AvgIpc) is 2.27. The van der Waals surface area contributed by atoms with Gasteiger partial charge in [0.25, 0.3) is 0 Å². The molecule has 1 aliphatic carbocycles. The van der Waals surface area contributed by atoms with Crippen LogP contribution in [-0.4, -0.2) is 5.78 Å². The van der Waals surface area contributed by atoms with Gasteiger partial charge in [-0.05, 0) is 45.1 Å². The molecule has 1 aliphatic rings. The Balaban J connectivity index is 2.22. The fourth-order valence-corrected chi connectivity index (χ4v) is 2.16. The molecule has 0 aromatic rings. The molecule has 1 fully saturated rings. The van der Waals surface area contributed by atoms with E-state index in [1.165, 1.54) is 37.7 Å². The number of carbonyl (C=O) groups is 1. The van der Waals surface area contributed by atoms with Crippen molar-refractivity contribution in [2.24, 2.45) is 5.92 Å². The van der Waals surface area contributed by atoms with Crippen molar-refractivity contribution in [1.29, 1.82) is 0 Å². The summed E-state index contributed by atoms with van der Waals surface area (Å²) in [6.07, 6.45) is 14.2. The second-order valence-corrected chi connectivity index (χ2v) is 5.04. The van der Waals surface area contributed by atoms with Gasteiger partial charge >= 0.3 is 0 Å². The molecule has 0 radical (unpaired) electrons. The summed E-state index contributed by atoms with van der Waals surface area (Å²) < 4.78 is 0. The molecule has 0 spiro atoms. The van der Waals surface area contributed by atoms with Gasteiger partial charge in [0.1, 0.15) is 0 Å². The first-order valence-electron chi connectivity index (χ1n) is 6.53. The van der Waals surface area contributed by atoms with E-state index in [0.29, 0.717) is 12.3 Å². The van der Waals surface area contributed by atoms with Crippen molar-refractivity contribution >= 4 is 5.78 Å². The monoisotopic (exact) mass is 220 g/mol. The predicted molar refractivity (Wildman–Crippen MR) is 69.4 cm³/mol. The summed E-state index contributed by atoms with van der Waals surface area (Å²) in [5, 5.41) is 0. The number of hydrogen-bond acceptors (Lipinski definition) is 1. The molecule has 0 heterocycles. The minimum Gasteiger partial charge on any atom is -0.295 e. The maximum atomic E-state index is 11.6. The Kier molecular flexibility index (Phi) is 6.14. The molecule has 16 heavy (non-hydrogen) atoms. The van der Waals surface area contributed by atoms with Gasteiger partial charge in [0.15, 0.2) is 5.78 Å². The largest absolute Gasteiger partial charge is 0.295 e. The van der Waals surface area contributed by atoms with Gasteiger partial charge in [-0.25, -0.2) is 0 Å². The molecule has 0 aromatic carbocycles. The SMILES string of the molecule is CC(C)=CCCC(=O)/C=C/C1CCCCC1. The molecule has 0 bridgehead atoms. The summed E-state index contributed by atoms with van der Waals surface area (Å²) in [7, 11) is 0. The van der Waals surface area contributed by atoms with E-state index in [4.69, 9.17) is 0 Å². The fraction of sp³-hybridized carbons (Fsp3) is 0.667. The molecule has 1 rings (SSSR count). The van der Waals surface area contributed by atoms with E-state index in [1.54, 1.807) is 0 Å². The van der Waals surface area contributed by atoms with Crippen molar-refractivity contribution in [1.82, 2.24) is 0 Å². The molecular formula is C15H24O. The second kappa shape index (κ2) is 7.43. The summed E-state index contributed by atoms with van der Waals surface area (Å²) in [5.41, 5.74) is 1.30. The third-order valence-corrected chi connectivity index (χ3v) is 3.15. The summed E-state index contributed by atoms with van der Waals surface area (Å²) >= 11 is 0. The number of carbonyl (C=O) groups excluding carboxylic acids is 1. The van der Waals surface area contributed by atoms with Gasteiger partial charge in [0.05, 0.1) is 0 Å². The molecule has 0 amide bonds. The van der Waals surface area contributed by atoms with Crippen molar-refractivity contribution in [2.75, 3.05) is 0 Å². The third kappa shape index (κ3) is 5.89. The smallest absolute Gasteiger partial charge is 0.155 e. The Labute approximate surface area is 99.6 Å². The molecule has 0 aromatic heterocycles. The van der Waals surface area contributed by atoms with Gasteiger partial charge in [0.2, 0.25) is 0 Å². The first kappa shape index (κ1) is 13.2. The van der Waals surface area contributed by atoms with Crippen LogP contribution in [0.25, 0.3) is 0 Å². The van der Waals surface area contributed by atoms with Crippen LogP contribution in [0.1, 0.15) is 58.8 Å². The molecule has 90 valence electrons. The van der Waals surface area contributed by atoms with Crippen LogP contribution in [0.3, 0.4) is 0 Å². The highest BCUT2D eigenvalue weighted by Crippen LogP contribution is 2.24. The van der Waals surface area contributed by atoms with Crippen molar-refractivity contribution < 1.29 is 4.79 Å². The normalized spacial score (nSPS) is 17.6. The zero-order chi connectivity index (χ0) is 11.8. The maximum Gasteiger partial charge on any atom is 0.155 e. The van der Waals surface area contributed by atoms with Gasteiger partial charge in [0, 0.05) is 6.42 Å². The Morgan fingerprint density at radius 3 is 2.50 bits per heavy atom. The van der Waals surface area contributed by atoms with E-state index < -0.39 is 0 Å². The van der Waals surface area contributed by atoms with Gasteiger partial charge in [-0.15, -0.1) is 0 Å². The predicted octanol–water partition coefficient (Wildman–Crippen LogP) is 4.44. The molecule has 0 saturated heterocycles. The Morgan fingerprint density at radius 2 is 1.88 bits per heavy atom. The summed E-state index contributed by atoms with van der Waals surface area (Å²) in [6, 6.07) is 0. The number of rotatable bonds is 5. The Morgan fingerprint density at radius 1 is 1.19 bits per heavy atom. The zero-order valence-corrected chi connectivity index (χ0v) is 10.7. The van der Waals surface area contributed by atoms with Crippen molar-refractivity contribution in [3.63, 3.8) is 0 Å². The molecule has 0 unspecified atom stereocenters. The molecule has 0 atom stereocenters. The lowest BCUT2D eigenvalue weighted by atomic mass is 9.89. The zero-order valence-electron chi connectivity index (χ0n) is 10.7. The standard InChI is InChI=1S/C15H24O/c1-13(2)7-6-10-15(16)12-11-14-8-4-3-5-9-14/h7,11-12,14H,3-6,8-10H2,1-2H3/b12-11+. The quantitative estimate of drug-likeness (QED) is 0.494. The third-order valence-electron chi connectivity index (χ3n) is 3.15. The van der Waals surface area contributed by atoms with Crippen LogP contribution < -0.4 is 0 Å². The minimum atomic E-state index is 0.281. The molecular weight excluding hydrogens is 196 g/mol. The minimum absolute atomic E-state index is 0.281. The number of allylic oxidation sites excluding steroid dienone is 4. The van der Waals surface area contributed by atoms with E-state index >= 15 is 0 Å². The number of ketones is 1. The van der Waals surface area contributed by atoms with E-state index in [2.05, 4.69) is 26.0 Å². The van der Waals surface area contributed by atoms with Crippen molar-refractivity contribution in [2.45, 2.75) is 58.8 Å². The van der Waals surface area contributed by atoms with Crippen LogP contribution in [0, 0.1) is 5.92 Å². The van der Waals surface area contributed by atoms with Crippen LogP contribution in [0.15, 0.2) is 23.8 Å². The van der Waals surface area contributed by atoms with Crippen LogP contribution in [0.5, 0.6) is 0 Å². The maximum absolute atomic E-state index is 11.6. The van der Waals surface area contributed by atoms with E-state index in [-0.39, 0.29) is 5.78 Å². The Bertz CT molecular complexity index is 263. The molecule has 1 nitrogen and oxygen atoms in total. The van der Waals surface area contributed by atoms with Gasteiger partial charge in [-0.1, -0.05) is 37.0 Å². The average molecular weight is 220 g/mol. The summed E-state index contributed by atoms with van der Waals surface area (Å²) in [6.45, 7) is 4.14. The summed E-state index contributed by atoms with van der Waals surface area (Å²) in [5.74, 6) is 0.948. The second-order valence-electron chi connectivity index (χ2n) is 5.04. The Hall–Kier alpha value is -0.850.